The van der Waals surface area contributed by atoms with Gasteiger partial charge in [0.15, 0.2) is 0 Å². The maximum atomic E-state index is 12.1. The third-order valence-corrected chi connectivity index (χ3v) is 4.02. The van der Waals surface area contributed by atoms with Gasteiger partial charge in [-0.1, -0.05) is 19.1 Å². The second-order valence-electron chi connectivity index (χ2n) is 5.91. The van der Waals surface area contributed by atoms with Crippen LogP contribution < -0.4 is 11.1 Å². The predicted octanol–water partition coefficient (Wildman–Crippen LogP) is 1.99. The van der Waals surface area contributed by atoms with E-state index in [9.17, 15) is 4.79 Å². The molecule has 2 atom stereocenters. The number of rotatable bonds is 4. The van der Waals surface area contributed by atoms with E-state index in [1.165, 1.54) is 0 Å². The Bertz CT molecular complexity index is 461. The first-order valence-electron chi connectivity index (χ1n) is 7.39. The number of carbonyl (C=O) groups is 1. The van der Waals surface area contributed by atoms with E-state index in [0.29, 0.717) is 25.0 Å². The zero-order valence-corrected chi connectivity index (χ0v) is 12.4. The van der Waals surface area contributed by atoms with Crippen LogP contribution in [0.25, 0.3) is 0 Å². The van der Waals surface area contributed by atoms with Crippen LogP contribution in [0.4, 0.5) is 5.69 Å². The molecule has 4 heteroatoms. The molecule has 0 aliphatic carbocycles. The van der Waals surface area contributed by atoms with Gasteiger partial charge in [-0.3, -0.25) is 9.69 Å². The number of piperidine rings is 1. The molecule has 1 heterocycles. The molecule has 0 radical (unpaired) electrons. The number of benzene rings is 1. The van der Waals surface area contributed by atoms with Crippen LogP contribution in [0.1, 0.15) is 25.3 Å². The standard InChI is InChI=1S/C16H25N3O/c1-12-4-3-5-14(8-12)18-16(20)11-19-7-6-13(2)9-15(19)10-17/h3-5,8,13,15H,6-7,9-11,17H2,1-2H3,(H,18,20). The normalized spacial score (nSPS) is 23.6. The zero-order chi connectivity index (χ0) is 14.5. The first kappa shape index (κ1) is 15.0. The Balaban J connectivity index is 1.90. The lowest BCUT2D eigenvalue weighted by molar-refractivity contribution is -0.118. The van der Waals surface area contributed by atoms with Gasteiger partial charge in [0.2, 0.25) is 5.91 Å². The molecule has 2 unspecified atom stereocenters. The number of hydrogen-bond donors (Lipinski definition) is 2. The van der Waals surface area contributed by atoms with Gasteiger partial charge in [0, 0.05) is 18.3 Å². The van der Waals surface area contributed by atoms with Crippen LogP contribution in [0.15, 0.2) is 24.3 Å². The predicted molar refractivity (Wildman–Crippen MR) is 82.6 cm³/mol. The van der Waals surface area contributed by atoms with Gasteiger partial charge in [-0.05, 0) is 49.9 Å². The lowest BCUT2D eigenvalue weighted by Gasteiger charge is -2.37. The quantitative estimate of drug-likeness (QED) is 0.883. The lowest BCUT2D eigenvalue weighted by atomic mass is 9.92. The molecule has 20 heavy (non-hydrogen) atoms. The lowest BCUT2D eigenvalue weighted by Crippen LogP contribution is -2.49. The molecular formula is C16H25N3O. The monoisotopic (exact) mass is 275 g/mol. The first-order chi connectivity index (χ1) is 9.58. The van der Waals surface area contributed by atoms with Crippen LogP contribution in [0.3, 0.4) is 0 Å². The van der Waals surface area contributed by atoms with Crippen molar-refractivity contribution in [1.29, 1.82) is 0 Å². The molecule has 1 aliphatic rings. The molecule has 1 aliphatic heterocycles. The second kappa shape index (κ2) is 6.86. The molecule has 1 saturated heterocycles. The molecule has 110 valence electrons. The molecule has 1 aromatic rings. The number of amides is 1. The summed E-state index contributed by atoms with van der Waals surface area (Å²) in [4.78, 5) is 14.4. The van der Waals surface area contributed by atoms with E-state index in [0.717, 1.165) is 30.6 Å². The molecule has 1 aromatic carbocycles. The van der Waals surface area contributed by atoms with Gasteiger partial charge >= 0.3 is 0 Å². The fraction of sp³-hybridized carbons (Fsp3) is 0.562. The fourth-order valence-electron chi connectivity index (χ4n) is 2.86. The van der Waals surface area contributed by atoms with E-state index in [4.69, 9.17) is 5.73 Å². The highest BCUT2D eigenvalue weighted by atomic mass is 16.2. The molecule has 4 nitrogen and oxygen atoms in total. The maximum absolute atomic E-state index is 12.1. The van der Waals surface area contributed by atoms with Crippen molar-refractivity contribution in [2.45, 2.75) is 32.7 Å². The average molecular weight is 275 g/mol. The van der Waals surface area contributed by atoms with Crippen LogP contribution in [-0.4, -0.2) is 36.5 Å². The minimum atomic E-state index is 0.0450. The third kappa shape index (κ3) is 4.05. The fourth-order valence-corrected chi connectivity index (χ4v) is 2.86. The molecule has 0 spiro atoms. The zero-order valence-electron chi connectivity index (χ0n) is 12.4. The van der Waals surface area contributed by atoms with Crippen LogP contribution in [0.5, 0.6) is 0 Å². The number of aryl methyl sites for hydroxylation is 1. The Morgan fingerprint density at radius 3 is 3.00 bits per heavy atom. The Morgan fingerprint density at radius 2 is 2.30 bits per heavy atom. The topological polar surface area (TPSA) is 58.4 Å². The summed E-state index contributed by atoms with van der Waals surface area (Å²) in [7, 11) is 0. The summed E-state index contributed by atoms with van der Waals surface area (Å²) < 4.78 is 0. The largest absolute Gasteiger partial charge is 0.329 e. The first-order valence-corrected chi connectivity index (χ1v) is 7.39. The molecule has 2 rings (SSSR count). The van der Waals surface area contributed by atoms with Crippen molar-refractivity contribution < 1.29 is 4.79 Å². The number of likely N-dealkylation sites (tertiary alicyclic amines) is 1. The summed E-state index contributed by atoms with van der Waals surface area (Å²) in [5.74, 6) is 0.753. The van der Waals surface area contributed by atoms with Gasteiger partial charge in [-0.15, -0.1) is 0 Å². The van der Waals surface area contributed by atoms with Crippen LogP contribution in [0, 0.1) is 12.8 Å². The van der Waals surface area contributed by atoms with Crippen molar-refractivity contribution in [3.8, 4) is 0 Å². The Morgan fingerprint density at radius 1 is 1.50 bits per heavy atom. The molecule has 1 amide bonds. The van der Waals surface area contributed by atoms with Crippen molar-refractivity contribution >= 4 is 11.6 Å². The van der Waals surface area contributed by atoms with Crippen LogP contribution in [-0.2, 0) is 4.79 Å². The highest BCUT2D eigenvalue weighted by molar-refractivity contribution is 5.92. The van der Waals surface area contributed by atoms with E-state index in [1.807, 2.05) is 31.2 Å². The summed E-state index contributed by atoms with van der Waals surface area (Å²) in [5.41, 5.74) is 7.84. The van der Waals surface area contributed by atoms with Crippen molar-refractivity contribution in [3.05, 3.63) is 29.8 Å². The van der Waals surface area contributed by atoms with Crippen molar-refractivity contribution in [1.82, 2.24) is 4.90 Å². The van der Waals surface area contributed by atoms with Gasteiger partial charge in [0.1, 0.15) is 0 Å². The number of nitrogens with zero attached hydrogens (tertiary/aromatic N) is 1. The van der Waals surface area contributed by atoms with Gasteiger partial charge in [-0.2, -0.15) is 0 Å². The number of nitrogens with one attached hydrogen (secondary N) is 1. The molecule has 0 bridgehead atoms. The summed E-state index contributed by atoms with van der Waals surface area (Å²) >= 11 is 0. The van der Waals surface area contributed by atoms with Crippen molar-refractivity contribution in [2.75, 3.05) is 25.0 Å². The van der Waals surface area contributed by atoms with E-state index in [1.54, 1.807) is 0 Å². The van der Waals surface area contributed by atoms with Gasteiger partial charge < -0.3 is 11.1 Å². The van der Waals surface area contributed by atoms with Crippen molar-refractivity contribution in [3.63, 3.8) is 0 Å². The summed E-state index contributed by atoms with van der Waals surface area (Å²) in [6, 6.07) is 8.21. The number of anilines is 1. The highest BCUT2D eigenvalue weighted by Gasteiger charge is 2.26. The smallest absolute Gasteiger partial charge is 0.238 e. The average Bonchev–Trinajstić information content (AvgIpc) is 2.40. The third-order valence-electron chi connectivity index (χ3n) is 4.02. The van der Waals surface area contributed by atoms with E-state index < -0.39 is 0 Å². The SMILES string of the molecule is Cc1cccc(NC(=O)CN2CCC(C)CC2CN)c1. The van der Waals surface area contributed by atoms with Gasteiger partial charge in [-0.25, -0.2) is 0 Å². The minimum absolute atomic E-state index is 0.0450. The Labute approximate surface area is 121 Å². The van der Waals surface area contributed by atoms with E-state index >= 15 is 0 Å². The molecule has 0 saturated carbocycles. The maximum Gasteiger partial charge on any atom is 0.238 e. The van der Waals surface area contributed by atoms with Crippen molar-refractivity contribution in [2.24, 2.45) is 11.7 Å². The van der Waals surface area contributed by atoms with Crippen LogP contribution in [0.2, 0.25) is 0 Å². The molecular weight excluding hydrogens is 250 g/mol. The van der Waals surface area contributed by atoms with Gasteiger partial charge in [0.25, 0.3) is 0 Å². The van der Waals surface area contributed by atoms with E-state index in [-0.39, 0.29) is 5.91 Å². The highest BCUT2D eigenvalue weighted by Crippen LogP contribution is 2.21. The number of carbonyl (C=O) groups excluding carboxylic acids is 1. The minimum Gasteiger partial charge on any atom is -0.329 e. The number of nitrogens with two attached hydrogens (primary N) is 1. The Kier molecular flexibility index (Phi) is 5.15. The summed E-state index contributed by atoms with van der Waals surface area (Å²) in [6.07, 6.45) is 2.24. The summed E-state index contributed by atoms with van der Waals surface area (Å²) in [5, 5.41) is 2.96. The second-order valence-corrected chi connectivity index (χ2v) is 5.91. The summed E-state index contributed by atoms with van der Waals surface area (Å²) in [6.45, 7) is 6.30. The Hall–Kier alpha value is -1.39. The number of hydrogen-bond acceptors (Lipinski definition) is 3. The van der Waals surface area contributed by atoms with Crippen LogP contribution >= 0.6 is 0 Å². The molecule has 1 fully saturated rings. The molecule has 3 N–H and O–H groups in total. The molecule has 0 aromatic heterocycles. The van der Waals surface area contributed by atoms with E-state index in [2.05, 4.69) is 17.1 Å². The van der Waals surface area contributed by atoms with Gasteiger partial charge in [0.05, 0.1) is 6.54 Å².